The fraction of sp³-hybridized carbons (Fsp3) is 0.435. The van der Waals surface area contributed by atoms with Crippen LogP contribution in [0.2, 0.25) is 0 Å². The molecular weight excluding hydrogens is 712 g/mol. The molecule has 10 atom stereocenters. The van der Waals surface area contributed by atoms with Crippen molar-refractivity contribution in [1.29, 1.82) is 0 Å². The Kier molecular flexibility index (Phi) is 14.1. The number of fused-ring (bicyclic) bond motifs is 1. The van der Waals surface area contributed by atoms with Crippen molar-refractivity contribution in [3.05, 3.63) is 156 Å². The Balaban J connectivity index is 1.22. The highest BCUT2D eigenvalue weighted by molar-refractivity contribution is 5.16. The van der Waals surface area contributed by atoms with E-state index in [4.69, 9.17) is 47.4 Å². The number of hydrogen-bond acceptors (Lipinski definition) is 10. The van der Waals surface area contributed by atoms with E-state index in [0.717, 1.165) is 22.3 Å². The zero-order valence-corrected chi connectivity index (χ0v) is 32.4. The first-order valence-electron chi connectivity index (χ1n) is 19.5. The van der Waals surface area contributed by atoms with Crippen LogP contribution in [0.3, 0.4) is 0 Å². The topological polar surface area (TPSA) is 92.3 Å². The Morgan fingerprint density at radius 3 is 1.57 bits per heavy atom. The first kappa shape index (κ1) is 40.4. The second-order valence-electron chi connectivity index (χ2n) is 14.8. The highest BCUT2D eigenvalue weighted by atomic mass is 16.8. The van der Waals surface area contributed by atoms with Crippen LogP contribution >= 0.6 is 0 Å². The van der Waals surface area contributed by atoms with Crippen LogP contribution in [0.25, 0.3) is 0 Å². The van der Waals surface area contributed by atoms with E-state index in [1.54, 1.807) is 6.08 Å². The average molecular weight is 767 g/mol. The molecule has 0 aromatic heterocycles. The molecule has 3 fully saturated rings. The van der Waals surface area contributed by atoms with Gasteiger partial charge in [-0.15, -0.1) is 6.58 Å². The summed E-state index contributed by atoms with van der Waals surface area (Å²) in [5.74, 6) is -0.900. The minimum absolute atomic E-state index is 0.206. The Bertz CT molecular complexity index is 1740. The highest BCUT2D eigenvalue weighted by Gasteiger charge is 2.58. The van der Waals surface area contributed by atoms with E-state index < -0.39 is 67.2 Å². The molecule has 298 valence electrons. The average Bonchev–Trinajstić information content (AvgIpc) is 3.56. The summed E-state index contributed by atoms with van der Waals surface area (Å²) in [7, 11) is 0. The summed E-state index contributed by atoms with van der Waals surface area (Å²) in [4.78, 5) is 0. The maximum absolute atomic E-state index is 7.05. The lowest BCUT2D eigenvalue weighted by molar-refractivity contribution is -0.360. The minimum atomic E-state index is -0.948. The van der Waals surface area contributed by atoms with Gasteiger partial charge in [-0.1, -0.05) is 127 Å². The standard InChI is InChI=1S/C46H54O10/c1-5-26-48-44-43-41(55-46(3,4)56-43)38(32(2)52-44)54-45-42(51-30-36-24-16-9-17-25-36)40(50-29-35-22-14-8-15-23-35)39(49-28-34-20-12-7-13-21-34)37(53-45)31-47-27-33-18-10-6-11-19-33/h5-25,32,37-45H,1,26-31H2,2-4H3/t32-,37+,38-,39+,40-,41+,42+,43+,44+,45?/m0/s1. The lowest BCUT2D eigenvalue weighted by atomic mass is 9.96. The van der Waals surface area contributed by atoms with E-state index in [1.165, 1.54) is 0 Å². The SMILES string of the molecule is C=CCO[C@@H]1O[C@@H](C)[C@H](OC2O[C@H](COCc3ccccc3)[C@@H](OCc3ccccc3)[C@H](OCc3ccccc3)[C@H]2OCc2ccccc2)[C@H]2OC(C)(C)O[C@@H]12. The van der Waals surface area contributed by atoms with E-state index in [-0.39, 0.29) is 13.2 Å². The Morgan fingerprint density at radius 2 is 1.04 bits per heavy atom. The molecule has 4 aromatic rings. The molecule has 3 aliphatic heterocycles. The third-order valence-corrected chi connectivity index (χ3v) is 10.1. The van der Waals surface area contributed by atoms with Gasteiger partial charge in [-0.25, -0.2) is 0 Å². The second kappa shape index (κ2) is 19.6. The molecule has 1 unspecified atom stereocenters. The third kappa shape index (κ3) is 10.6. The molecule has 0 bridgehead atoms. The van der Waals surface area contributed by atoms with Crippen molar-refractivity contribution in [2.24, 2.45) is 0 Å². The molecule has 0 amide bonds. The van der Waals surface area contributed by atoms with Crippen LogP contribution < -0.4 is 0 Å². The van der Waals surface area contributed by atoms with Gasteiger partial charge in [0.1, 0.15) is 42.7 Å². The Labute approximate surface area is 330 Å². The van der Waals surface area contributed by atoms with Crippen LogP contribution in [0, 0.1) is 0 Å². The fourth-order valence-corrected chi connectivity index (χ4v) is 7.41. The van der Waals surface area contributed by atoms with E-state index in [0.29, 0.717) is 26.4 Å². The molecule has 3 saturated heterocycles. The van der Waals surface area contributed by atoms with Gasteiger partial charge in [0.05, 0.1) is 45.7 Å². The number of hydrogen-bond donors (Lipinski definition) is 0. The van der Waals surface area contributed by atoms with Gasteiger partial charge in [-0.2, -0.15) is 0 Å². The summed E-state index contributed by atoms with van der Waals surface area (Å²) in [6.45, 7) is 11.3. The predicted octanol–water partition coefficient (Wildman–Crippen LogP) is 7.54. The first-order chi connectivity index (χ1) is 27.4. The van der Waals surface area contributed by atoms with Gasteiger partial charge in [0.2, 0.25) is 0 Å². The molecule has 0 aliphatic carbocycles. The minimum Gasteiger partial charge on any atom is -0.374 e. The maximum atomic E-state index is 7.05. The lowest BCUT2D eigenvalue weighted by Gasteiger charge is -2.48. The van der Waals surface area contributed by atoms with Gasteiger partial charge in [0, 0.05) is 0 Å². The molecule has 3 heterocycles. The number of rotatable bonds is 18. The number of benzene rings is 4. The predicted molar refractivity (Wildman–Crippen MR) is 209 cm³/mol. The zero-order valence-electron chi connectivity index (χ0n) is 32.4. The van der Waals surface area contributed by atoms with E-state index in [1.807, 2.05) is 142 Å². The lowest BCUT2D eigenvalue weighted by Crippen LogP contribution is -2.64. The summed E-state index contributed by atoms with van der Waals surface area (Å²) in [5.41, 5.74) is 4.08. The van der Waals surface area contributed by atoms with Crippen LogP contribution in [0.1, 0.15) is 43.0 Å². The second-order valence-corrected chi connectivity index (χ2v) is 14.8. The molecule has 56 heavy (non-hydrogen) atoms. The fourth-order valence-electron chi connectivity index (χ4n) is 7.41. The van der Waals surface area contributed by atoms with Crippen LogP contribution in [-0.2, 0) is 73.8 Å². The molecule has 7 rings (SSSR count). The van der Waals surface area contributed by atoms with Crippen LogP contribution in [0.15, 0.2) is 134 Å². The summed E-state index contributed by atoms with van der Waals surface area (Å²) < 4.78 is 66.3. The molecule has 10 nitrogen and oxygen atoms in total. The zero-order chi connectivity index (χ0) is 38.7. The number of ether oxygens (including phenoxy) is 10. The van der Waals surface area contributed by atoms with Gasteiger partial charge in [0.25, 0.3) is 0 Å². The van der Waals surface area contributed by atoms with Gasteiger partial charge in [0.15, 0.2) is 18.4 Å². The van der Waals surface area contributed by atoms with Crippen LogP contribution in [0.5, 0.6) is 0 Å². The molecule has 0 N–H and O–H groups in total. The molecule has 0 spiro atoms. The Hall–Kier alpha value is -3.78. The molecule has 10 heteroatoms. The van der Waals surface area contributed by atoms with Gasteiger partial charge >= 0.3 is 0 Å². The molecule has 0 saturated carbocycles. The molecule has 4 aromatic carbocycles. The maximum Gasteiger partial charge on any atom is 0.187 e. The highest BCUT2D eigenvalue weighted by Crippen LogP contribution is 2.41. The molecule has 0 radical (unpaired) electrons. The van der Waals surface area contributed by atoms with Crippen molar-refractivity contribution >= 4 is 0 Å². The van der Waals surface area contributed by atoms with Gasteiger partial charge in [-0.3, -0.25) is 0 Å². The van der Waals surface area contributed by atoms with E-state index in [9.17, 15) is 0 Å². The van der Waals surface area contributed by atoms with Crippen molar-refractivity contribution in [3.63, 3.8) is 0 Å². The van der Waals surface area contributed by atoms with Gasteiger partial charge < -0.3 is 47.4 Å². The van der Waals surface area contributed by atoms with Crippen molar-refractivity contribution in [3.8, 4) is 0 Å². The van der Waals surface area contributed by atoms with Crippen molar-refractivity contribution in [2.75, 3.05) is 13.2 Å². The summed E-state index contributed by atoms with van der Waals surface area (Å²) in [5, 5.41) is 0. The van der Waals surface area contributed by atoms with Crippen molar-refractivity contribution < 1.29 is 47.4 Å². The third-order valence-electron chi connectivity index (χ3n) is 10.1. The van der Waals surface area contributed by atoms with E-state index >= 15 is 0 Å². The normalized spacial score (nSPS) is 29.8. The van der Waals surface area contributed by atoms with E-state index in [2.05, 4.69) is 6.58 Å². The summed E-state index contributed by atoms with van der Waals surface area (Å²) >= 11 is 0. The largest absolute Gasteiger partial charge is 0.374 e. The van der Waals surface area contributed by atoms with Crippen LogP contribution in [-0.4, -0.2) is 80.4 Å². The van der Waals surface area contributed by atoms with Crippen molar-refractivity contribution in [1.82, 2.24) is 0 Å². The molecular formula is C46H54O10. The van der Waals surface area contributed by atoms with Gasteiger partial charge in [-0.05, 0) is 43.0 Å². The van der Waals surface area contributed by atoms with Crippen molar-refractivity contribution in [2.45, 2.75) is 114 Å². The Morgan fingerprint density at radius 1 is 0.554 bits per heavy atom. The first-order valence-corrected chi connectivity index (χ1v) is 19.5. The van der Waals surface area contributed by atoms with Crippen LogP contribution in [0.4, 0.5) is 0 Å². The summed E-state index contributed by atoms with van der Waals surface area (Å²) in [6, 6.07) is 40.2. The quantitative estimate of drug-likeness (QED) is 0.0947. The summed E-state index contributed by atoms with van der Waals surface area (Å²) in [6.07, 6.45) is -4.75. The molecule has 3 aliphatic rings. The smallest absolute Gasteiger partial charge is 0.187 e. The monoisotopic (exact) mass is 766 g/mol.